The predicted molar refractivity (Wildman–Crippen MR) is 126 cm³/mol. The molecular weight excluding hydrogens is 481 g/mol. The van der Waals surface area contributed by atoms with Crippen molar-refractivity contribution in [1.29, 1.82) is 0 Å². The van der Waals surface area contributed by atoms with Crippen LogP contribution < -0.4 is 0 Å². The Morgan fingerprint density at radius 2 is 1.89 bits per heavy atom. The van der Waals surface area contributed by atoms with Crippen LogP contribution >= 0.6 is 12.2 Å². The Morgan fingerprint density at radius 3 is 2.51 bits per heavy atom. The topological polar surface area (TPSA) is 65.0 Å². The fourth-order valence-corrected chi connectivity index (χ4v) is 8.65. The molecule has 194 valence electrons. The molecule has 3 saturated carbocycles. The lowest BCUT2D eigenvalue weighted by atomic mass is 9.44. The Labute approximate surface area is 209 Å². The molecule has 1 saturated heterocycles. The number of ketones is 1. The first-order valence-corrected chi connectivity index (χ1v) is 12.7. The van der Waals surface area contributed by atoms with Crippen molar-refractivity contribution >= 4 is 23.1 Å². The van der Waals surface area contributed by atoms with Crippen molar-refractivity contribution in [3.8, 4) is 0 Å². The smallest absolute Gasteiger partial charge is 0.213 e. The van der Waals surface area contributed by atoms with Gasteiger partial charge < -0.3 is 19.3 Å². The van der Waals surface area contributed by atoms with E-state index >= 15 is 8.78 Å². The molecule has 1 aliphatic heterocycles. The first-order valence-electron chi connectivity index (χ1n) is 12.3. The maximum atomic E-state index is 17.4. The zero-order valence-electron chi connectivity index (χ0n) is 20.9. The van der Waals surface area contributed by atoms with E-state index in [0.717, 1.165) is 6.08 Å². The lowest BCUT2D eigenvalue weighted by molar-refractivity contribution is -0.241. The molecule has 0 aromatic heterocycles. The maximum Gasteiger partial charge on any atom is 0.213 e. The van der Waals surface area contributed by atoms with Crippen LogP contribution in [-0.2, 0) is 19.0 Å². The van der Waals surface area contributed by atoms with Crippen molar-refractivity contribution in [2.75, 3.05) is 0 Å². The van der Waals surface area contributed by atoms with E-state index in [1.807, 2.05) is 20.8 Å². The fraction of sp³-hybridized carbons (Fsp3) is 0.769. The maximum absolute atomic E-state index is 17.4. The van der Waals surface area contributed by atoms with Gasteiger partial charge in [-0.3, -0.25) is 4.79 Å². The standard InChI is InChI=1S/C26H33F3O5S/c1-12(2)32-21(35)26-18(33-22(3,4)34-26)10-13-14-9-15(27)19-20(28)16(30)7-8-23(19,5)25(14,29)17(31)11-24(13,26)6/h7-8,12-15,17-18,31H,9-11H2,1-6H3/t13-,14-,15-,17-,18+,23-,24-,25-,26-/m0/s1. The Balaban J connectivity index is 1.66. The van der Waals surface area contributed by atoms with Gasteiger partial charge >= 0.3 is 0 Å². The minimum atomic E-state index is -2.40. The van der Waals surface area contributed by atoms with Crippen LogP contribution in [0.5, 0.6) is 0 Å². The van der Waals surface area contributed by atoms with Gasteiger partial charge in [0.05, 0.1) is 18.3 Å². The van der Waals surface area contributed by atoms with Crippen LogP contribution in [0.3, 0.4) is 0 Å². The van der Waals surface area contributed by atoms with E-state index < -0.39 is 75.3 Å². The van der Waals surface area contributed by atoms with Gasteiger partial charge in [-0.05, 0) is 78.1 Å². The monoisotopic (exact) mass is 514 g/mol. The van der Waals surface area contributed by atoms with Gasteiger partial charge in [0.1, 0.15) is 6.17 Å². The fourth-order valence-electron chi connectivity index (χ4n) is 8.05. The summed E-state index contributed by atoms with van der Waals surface area (Å²) >= 11 is 5.76. The van der Waals surface area contributed by atoms with Crippen LogP contribution in [0.2, 0.25) is 0 Å². The van der Waals surface area contributed by atoms with Crippen LogP contribution in [0.4, 0.5) is 13.2 Å². The quantitative estimate of drug-likeness (QED) is 0.532. The van der Waals surface area contributed by atoms with Crippen LogP contribution in [0.1, 0.15) is 60.8 Å². The van der Waals surface area contributed by atoms with Crippen LogP contribution in [-0.4, -0.2) is 57.5 Å². The third-order valence-electron chi connectivity index (χ3n) is 9.35. The summed E-state index contributed by atoms with van der Waals surface area (Å²) in [4.78, 5) is 12.0. The Kier molecular flexibility index (Phi) is 5.36. The molecular formula is C26H33F3O5S. The van der Waals surface area contributed by atoms with Crippen molar-refractivity contribution < 1.29 is 37.3 Å². The van der Waals surface area contributed by atoms with Gasteiger partial charge in [0, 0.05) is 22.3 Å². The lowest BCUT2D eigenvalue weighted by Crippen LogP contribution is -2.71. The molecule has 4 aliphatic carbocycles. The van der Waals surface area contributed by atoms with Gasteiger partial charge in [0.2, 0.25) is 5.78 Å². The van der Waals surface area contributed by atoms with Gasteiger partial charge in [-0.2, -0.15) is 0 Å². The summed E-state index contributed by atoms with van der Waals surface area (Å²) in [5.41, 5.74) is -6.92. The SMILES string of the molecule is CC(C)OC(=S)[C@@]12OC(C)(C)O[C@@H]1C[C@H]1[C@@H]3C[C@H](F)C4=C(F)C(=O)C=C[C@]4(C)[C@@]3(F)[C@@H](O)C[C@@]12C. The molecule has 9 atom stereocenters. The number of allylic oxidation sites excluding steroid dienone is 4. The number of rotatable bonds is 2. The normalized spacial score (nSPS) is 50.0. The number of carbonyl (C=O) groups is 1. The first-order chi connectivity index (χ1) is 16.0. The summed E-state index contributed by atoms with van der Waals surface area (Å²) in [6, 6.07) is 0. The van der Waals surface area contributed by atoms with Crippen molar-refractivity contribution in [3.63, 3.8) is 0 Å². The molecule has 0 amide bonds. The Hall–Kier alpha value is -1.29. The summed E-state index contributed by atoms with van der Waals surface area (Å²) < 4.78 is 66.6. The van der Waals surface area contributed by atoms with Gasteiger partial charge in [-0.1, -0.05) is 13.0 Å². The summed E-state index contributed by atoms with van der Waals surface area (Å²) in [5, 5.41) is 11.7. The molecule has 9 heteroatoms. The summed E-state index contributed by atoms with van der Waals surface area (Å²) in [5.74, 6) is -4.74. The molecule has 0 bridgehead atoms. The highest BCUT2D eigenvalue weighted by molar-refractivity contribution is 7.80. The van der Waals surface area contributed by atoms with Crippen molar-refractivity contribution in [2.24, 2.45) is 22.7 Å². The molecule has 0 unspecified atom stereocenters. The van der Waals surface area contributed by atoms with Crippen molar-refractivity contribution in [3.05, 3.63) is 23.6 Å². The zero-order chi connectivity index (χ0) is 25.9. The largest absolute Gasteiger partial charge is 0.481 e. The van der Waals surface area contributed by atoms with Gasteiger partial charge in [0.25, 0.3) is 0 Å². The van der Waals surface area contributed by atoms with E-state index in [1.165, 1.54) is 13.0 Å². The number of aliphatic hydroxyl groups excluding tert-OH is 1. The number of aliphatic hydroxyl groups is 1. The molecule has 0 aromatic rings. The van der Waals surface area contributed by atoms with E-state index in [9.17, 15) is 14.3 Å². The third-order valence-corrected chi connectivity index (χ3v) is 9.74. The van der Waals surface area contributed by atoms with E-state index in [1.54, 1.807) is 13.8 Å². The van der Waals surface area contributed by atoms with Crippen LogP contribution in [0.25, 0.3) is 0 Å². The minimum absolute atomic E-state index is 0.0779. The number of thiocarbonyl (C=S) groups is 1. The molecule has 5 aliphatic rings. The number of hydrogen-bond acceptors (Lipinski definition) is 6. The second kappa shape index (κ2) is 7.39. The summed E-state index contributed by atoms with van der Waals surface area (Å²) in [6.45, 7) is 10.5. The van der Waals surface area contributed by atoms with Gasteiger partial charge in [0.15, 0.2) is 27.9 Å². The molecule has 0 radical (unpaired) electrons. The zero-order valence-corrected chi connectivity index (χ0v) is 21.7. The van der Waals surface area contributed by atoms with E-state index in [-0.39, 0.29) is 24.0 Å². The molecule has 35 heavy (non-hydrogen) atoms. The predicted octanol–water partition coefficient (Wildman–Crippen LogP) is 4.86. The molecule has 0 aromatic carbocycles. The number of fused-ring (bicyclic) bond motifs is 7. The van der Waals surface area contributed by atoms with Gasteiger partial charge in [-0.15, -0.1) is 0 Å². The molecule has 5 nitrogen and oxygen atoms in total. The first kappa shape index (κ1) is 25.4. The number of hydrogen-bond donors (Lipinski definition) is 1. The number of alkyl halides is 2. The lowest BCUT2D eigenvalue weighted by Gasteiger charge is -2.63. The number of carbonyl (C=O) groups excluding carboxylic acids is 1. The van der Waals surface area contributed by atoms with Crippen molar-refractivity contribution in [1.82, 2.24) is 0 Å². The highest BCUT2D eigenvalue weighted by Crippen LogP contribution is 2.73. The molecule has 0 spiro atoms. The van der Waals surface area contributed by atoms with E-state index in [0.29, 0.717) is 6.42 Å². The van der Waals surface area contributed by atoms with Crippen molar-refractivity contribution in [2.45, 2.75) is 102 Å². The summed E-state index contributed by atoms with van der Waals surface area (Å²) in [6.07, 6.45) is -2.25. The molecule has 1 N–H and O–H groups in total. The molecule has 5 rings (SSSR count). The average molecular weight is 515 g/mol. The Morgan fingerprint density at radius 1 is 1.23 bits per heavy atom. The summed E-state index contributed by atoms with van der Waals surface area (Å²) in [7, 11) is 0. The van der Waals surface area contributed by atoms with E-state index in [4.69, 9.17) is 26.4 Å². The Bertz CT molecular complexity index is 1060. The molecule has 4 fully saturated rings. The third kappa shape index (κ3) is 2.92. The number of halogens is 3. The average Bonchev–Trinajstić information content (AvgIpc) is 3.13. The highest BCUT2D eigenvalue weighted by Gasteiger charge is 2.80. The van der Waals surface area contributed by atoms with E-state index in [2.05, 4.69) is 0 Å². The number of ether oxygens (including phenoxy) is 3. The van der Waals surface area contributed by atoms with Gasteiger partial charge in [-0.25, -0.2) is 13.2 Å². The molecule has 1 heterocycles. The highest BCUT2D eigenvalue weighted by atomic mass is 32.1. The second-order valence-electron chi connectivity index (χ2n) is 12.0. The minimum Gasteiger partial charge on any atom is -0.481 e. The van der Waals surface area contributed by atoms with Crippen LogP contribution in [0.15, 0.2) is 23.6 Å². The van der Waals surface area contributed by atoms with Crippen LogP contribution in [0, 0.1) is 22.7 Å². The second-order valence-corrected chi connectivity index (χ2v) is 12.4.